The van der Waals surface area contributed by atoms with Crippen molar-refractivity contribution < 1.29 is 0 Å². The van der Waals surface area contributed by atoms with Crippen molar-refractivity contribution in [3.63, 3.8) is 0 Å². The fourth-order valence-corrected chi connectivity index (χ4v) is 2.81. The first-order chi connectivity index (χ1) is 8.57. The maximum atomic E-state index is 2.46. The Morgan fingerprint density at radius 2 is 1.21 bits per heavy atom. The fourth-order valence-electron chi connectivity index (χ4n) is 2.81. The van der Waals surface area contributed by atoms with Gasteiger partial charge in [0, 0.05) is 23.3 Å². The molecule has 2 aromatic carbocycles. The Balaban J connectivity index is 0.00000133. The lowest BCUT2D eigenvalue weighted by Crippen LogP contribution is -2.40. The zero-order chi connectivity index (χ0) is 12.8. The number of benzene rings is 2. The SMILES string of the molecule is C.CC(C)(C)N1c2ccccc2Cc2ccccc21. The molecule has 0 aliphatic carbocycles. The zero-order valence-corrected chi connectivity index (χ0v) is 11.3. The van der Waals surface area contributed by atoms with E-state index < -0.39 is 0 Å². The number of anilines is 2. The van der Waals surface area contributed by atoms with Gasteiger partial charge in [-0.15, -0.1) is 0 Å². The van der Waals surface area contributed by atoms with Crippen LogP contribution in [0.3, 0.4) is 0 Å². The molecule has 1 heteroatoms. The van der Waals surface area contributed by atoms with Gasteiger partial charge >= 0.3 is 0 Å². The summed E-state index contributed by atoms with van der Waals surface area (Å²) in [5.74, 6) is 0. The normalized spacial score (nSPS) is 13.3. The van der Waals surface area contributed by atoms with Crippen LogP contribution in [0.5, 0.6) is 0 Å². The smallest absolute Gasteiger partial charge is 0.0451 e. The first kappa shape index (κ1) is 13.7. The molecule has 3 rings (SSSR count). The topological polar surface area (TPSA) is 3.24 Å². The largest absolute Gasteiger partial charge is 0.336 e. The van der Waals surface area contributed by atoms with Crippen molar-refractivity contribution in [2.24, 2.45) is 0 Å². The van der Waals surface area contributed by atoms with Gasteiger partial charge in [-0.2, -0.15) is 0 Å². The van der Waals surface area contributed by atoms with Crippen molar-refractivity contribution in [2.45, 2.75) is 40.2 Å². The predicted molar refractivity (Wildman–Crippen MR) is 84.3 cm³/mol. The molecule has 19 heavy (non-hydrogen) atoms. The Morgan fingerprint density at radius 3 is 1.63 bits per heavy atom. The molecule has 0 amide bonds. The van der Waals surface area contributed by atoms with Gasteiger partial charge < -0.3 is 4.90 Å². The Hall–Kier alpha value is -1.76. The van der Waals surface area contributed by atoms with Gasteiger partial charge in [0.05, 0.1) is 0 Å². The van der Waals surface area contributed by atoms with Crippen LogP contribution in [0.25, 0.3) is 0 Å². The molecule has 0 radical (unpaired) electrons. The van der Waals surface area contributed by atoms with Crippen molar-refractivity contribution in [1.82, 2.24) is 0 Å². The van der Waals surface area contributed by atoms with Gasteiger partial charge in [0.25, 0.3) is 0 Å². The monoisotopic (exact) mass is 253 g/mol. The van der Waals surface area contributed by atoms with E-state index in [-0.39, 0.29) is 13.0 Å². The Morgan fingerprint density at radius 1 is 0.789 bits per heavy atom. The quantitative estimate of drug-likeness (QED) is 0.626. The molecule has 1 heterocycles. The number of fused-ring (bicyclic) bond motifs is 2. The van der Waals surface area contributed by atoms with Crippen LogP contribution in [-0.4, -0.2) is 5.54 Å². The van der Waals surface area contributed by atoms with E-state index in [1.807, 2.05) is 0 Å². The summed E-state index contributed by atoms with van der Waals surface area (Å²) in [4.78, 5) is 2.46. The zero-order valence-electron chi connectivity index (χ0n) is 11.3. The summed E-state index contributed by atoms with van der Waals surface area (Å²) in [5, 5.41) is 0. The number of nitrogens with zero attached hydrogens (tertiary/aromatic N) is 1. The summed E-state index contributed by atoms with van der Waals surface area (Å²) >= 11 is 0. The van der Waals surface area contributed by atoms with Gasteiger partial charge in [0.1, 0.15) is 0 Å². The number of hydrogen-bond donors (Lipinski definition) is 0. The second-order valence-corrected chi connectivity index (χ2v) is 5.94. The molecule has 100 valence electrons. The second kappa shape index (κ2) is 4.73. The number of rotatable bonds is 0. The molecule has 0 fully saturated rings. The molecule has 0 aromatic heterocycles. The summed E-state index contributed by atoms with van der Waals surface area (Å²) < 4.78 is 0. The standard InChI is InChI=1S/C17H19N.CH4/c1-17(2,3)18-15-10-6-4-8-13(15)12-14-9-5-7-11-16(14)18;/h4-11H,12H2,1-3H3;1H4. The molecule has 0 saturated carbocycles. The molecule has 1 aliphatic rings. The highest BCUT2D eigenvalue weighted by Gasteiger charge is 2.29. The van der Waals surface area contributed by atoms with Gasteiger partial charge in [0.15, 0.2) is 0 Å². The summed E-state index contributed by atoms with van der Waals surface area (Å²) in [6.07, 6.45) is 1.04. The average Bonchev–Trinajstić information content (AvgIpc) is 2.34. The third-order valence-corrected chi connectivity index (χ3v) is 3.52. The lowest BCUT2D eigenvalue weighted by Gasteiger charge is -2.42. The van der Waals surface area contributed by atoms with E-state index in [2.05, 4.69) is 74.2 Å². The maximum absolute atomic E-state index is 2.46. The van der Waals surface area contributed by atoms with Gasteiger partial charge in [-0.25, -0.2) is 0 Å². The number of hydrogen-bond acceptors (Lipinski definition) is 1. The van der Waals surface area contributed by atoms with Crippen LogP contribution in [0.15, 0.2) is 48.5 Å². The summed E-state index contributed by atoms with van der Waals surface area (Å²) in [5.41, 5.74) is 5.64. The third-order valence-electron chi connectivity index (χ3n) is 3.52. The second-order valence-electron chi connectivity index (χ2n) is 5.94. The fraction of sp³-hybridized carbons (Fsp3) is 0.333. The Labute approximate surface area is 116 Å². The highest BCUT2D eigenvalue weighted by molar-refractivity contribution is 5.75. The minimum atomic E-state index is 0. The van der Waals surface area contributed by atoms with Crippen LogP contribution in [-0.2, 0) is 6.42 Å². The van der Waals surface area contributed by atoms with Crippen LogP contribution >= 0.6 is 0 Å². The van der Waals surface area contributed by atoms with E-state index in [1.165, 1.54) is 22.5 Å². The van der Waals surface area contributed by atoms with Crippen molar-refractivity contribution >= 4 is 11.4 Å². The van der Waals surface area contributed by atoms with Crippen molar-refractivity contribution in [1.29, 1.82) is 0 Å². The Bertz CT molecular complexity index is 533. The summed E-state index contributed by atoms with van der Waals surface area (Å²) in [7, 11) is 0. The van der Waals surface area contributed by atoms with Crippen LogP contribution in [0.4, 0.5) is 11.4 Å². The Kier molecular flexibility index (Phi) is 3.40. The molecule has 0 spiro atoms. The summed E-state index contributed by atoms with van der Waals surface area (Å²) in [6.45, 7) is 6.81. The minimum absolute atomic E-state index is 0. The van der Waals surface area contributed by atoms with E-state index in [0.29, 0.717) is 0 Å². The molecule has 0 bridgehead atoms. The van der Waals surface area contributed by atoms with E-state index >= 15 is 0 Å². The average molecular weight is 253 g/mol. The molecule has 2 aromatic rings. The van der Waals surface area contributed by atoms with E-state index in [4.69, 9.17) is 0 Å². The molecule has 0 atom stereocenters. The van der Waals surface area contributed by atoms with E-state index in [0.717, 1.165) is 6.42 Å². The number of para-hydroxylation sites is 2. The summed E-state index contributed by atoms with van der Waals surface area (Å²) in [6, 6.07) is 17.5. The highest BCUT2D eigenvalue weighted by Crippen LogP contribution is 2.42. The van der Waals surface area contributed by atoms with Crippen LogP contribution in [0.1, 0.15) is 39.3 Å². The lowest BCUT2D eigenvalue weighted by molar-refractivity contribution is 0.554. The van der Waals surface area contributed by atoms with Crippen LogP contribution in [0, 0.1) is 0 Å². The van der Waals surface area contributed by atoms with E-state index in [9.17, 15) is 0 Å². The van der Waals surface area contributed by atoms with Gasteiger partial charge in [-0.1, -0.05) is 43.8 Å². The van der Waals surface area contributed by atoms with Gasteiger partial charge in [0.2, 0.25) is 0 Å². The lowest BCUT2D eigenvalue weighted by atomic mass is 9.91. The first-order valence-corrected chi connectivity index (χ1v) is 6.53. The van der Waals surface area contributed by atoms with Crippen LogP contribution < -0.4 is 4.90 Å². The maximum Gasteiger partial charge on any atom is 0.0451 e. The van der Waals surface area contributed by atoms with Crippen LogP contribution in [0.2, 0.25) is 0 Å². The molecular weight excluding hydrogens is 230 g/mol. The molecule has 1 nitrogen and oxygen atoms in total. The van der Waals surface area contributed by atoms with Crippen molar-refractivity contribution in [3.05, 3.63) is 59.7 Å². The van der Waals surface area contributed by atoms with Gasteiger partial charge in [-0.05, 0) is 44.0 Å². The minimum Gasteiger partial charge on any atom is -0.336 e. The van der Waals surface area contributed by atoms with E-state index in [1.54, 1.807) is 0 Å². The molecule has 1 aliphatic heterocycles. The molecule has 0 unspecified atom stereocenters. The molecular formula is C18H23N. The third kappa shape index (κ3) is 2.25. The highest BCUT2D eigenvalue weighted by atomic mass is 15.2. The molecule has 0 N–H and O–H groups in total. The first-order valence-electron chi connectivity index (χ1n) is 6.53. The predicted octanol–water partition coefficient (Wildman–Crippen LogP) is 5.16. The van der Waals surface area contributed by atoms with Gasteiger partial charge in [-0.3, -0.25) is 0 Å². The van der Waals surface area contributed by atoms with Crippen molar-refractivity contribution in [2.75, 3.05) is 4.90 Å². The van der Waals surface area contributed by atoms with Crippen molar-refractivity contribution in [3.8, 4) is 0 Å². The molecule has 0 saturated heterocycles.